The van der Waals surface area contributed by atoms with Crippen molar-refractivity contribution in [3.63, 3.8) is 0 Å². The molecule has 0 radical (unpaired) electrons. The van der Waals surface area contributed by atoms with E-state index in [0.717, 1.165) is 36.6 Å². The zero-order chi connectivity index (χ0) is 23.0. The molecule has 0 unspecified atom stereocenters. The highest BCUT2D eigenvalue weighted by molar-refractivity contribution is 6.37. The minimum Gasteiger partial charge on any atom is -0.439 e. The Kier molecular flexibility index (Phi) is 4.10. The van der Waals surface area contributed by atoms with Crippen molar-refractivity contribution < 1.29 is 8.94 Å². The molecule has 4 aromatic heterocycles. The van der Waals surface area contributed by atoms with E-state index in [1.54, 1.807) is 19.4 Å². The number of benzene rings is 1. The summed E-state index contributed by atoms with van der Waals surface area (Å²) in [7, 11) is 0. The predicted molar refractivity (Wildman–Crippen MR) is 125 cm³/mol. The Morgan fingerprint density at radius 1 is 1.26 bits per heavy atom. The lowest BCUT2D eigenvalue weighted by Crippen LogP contribution is -2.32. The molecular weight excluding hydrogens is 456 g/mol. The second kappa shape index (κ2) is 7.00. The van der Waals surface area contributed by atoms with E-state index in [1.165, 1.54) is 0 Å². The van der Waals surface area contributed by atoms with Gasteiger partial charge in [0.05, 0.1) is 22.6 Å². The molecule has 7 rings (SSSR count). The number of aromatic nitrogens is 6. The monoisotopic (exact) mass is 476 g/mol. The second-order valence-corrected chi connectivity index (χ2v) is 9.46. The van der Waals surface area contributed by atoms with Crippen LogP contribution in [0.4, 0.5) is 5.82 Å². The molecular formula is C23H21ClN8O2. The van der Waals surface area contributed by atoms with E-state index >= 15 is 0 Å². The van der Waals surface area contributed by atoms with Gasteiger partial charge < -0.3 is 19.6 Å². The van der Waals surface area contributed by atoms with Gasteiger partial charge in [-0.1, -0.05) is 16.8 Å². The number of hydrogen-bond donors (Lipinski definition) is 2. The van der Waals surface area contributed by atoms with Crippen molar-refractivity contribution >= 4 is 39.7 Å². The molecule has 5 aromatic rings. The molecule has 11 heteroatoms. The van der Waals surface area contributed by atoms with Crippen molar-refractivity contribution in [2.24, 2.45) is 17.6 Å². The van der Waals surface area contributed by atoms with E-state index in [2.05, 4.69) is 25.2 Å². The standard InChI is InChI=1S/C23H21ClN8O2/c1-11-27-15-3-2-12(18(24)21(15)34-11)19-20-22(30-29-19)28-17(8-26-20)32-6-4-13-14(9-32)23(13,10-25)16-5-7-33-31-16/h2-3,5,7-8,13-14H,4,6,9-10,25H2,1H3,(H,28,29,30)/t13-,14+,23+/m1/s1. The number of oxazole rings is 1. The van der Waals surface area contributed by atoms with E-state index in [-0.39, 0.29) is 5.41 Å². The van der Waals surface area contributed by atoms with Crippen LogP contribution in [0.1, 0.15) is 18.0 Å². The summed E-state index contributed by atoms with van der Waals surface area (Å²) in [6.07, 6.45) is 4.44. The molecule has 0 spiro atoms. The number of aromatic amines is 1. The topological polar surface area (TPSA) is 136 Å². The van der Waals surface area contributed by atoms with Gasteiger partial charge in [0.15, 0.2) is 11.5 Å². The van der Waals surface area contributed by atoms with Crippen molar-refractivity contribution in [1.29, 1.82) is 0 Å². The first kappa shape index (κ1) is 19.9. The van der Waals surface area contributed by atoms with Crippen molar-refractivity contribution in [3.8, 4) is 11.3 Å². The van der Waals surface area contributed by atoms with Gasteiger partial charge in [-0.3, -0.25) is 5.10 Å². The number of nitrogens with two attached hydrogens (primary N) is 1. The van der Waals surface area contributed by atoms with Crippen molar-refractivity contribution in [2.75, 3.05) is 24.5 Å². The Morgan fingerprint density at radius 3 is 3.00 bits per heavy atom. The van der Waals surface area contributed by atoms with Crippen LogP contribution in [0.25, 0.3) is 33.5 Å². The van der Waals surface area contributed by atoms with Gasteiger partial charge in [0, 0.05) is 43.6 Å². The van der Waals surface area contributed by atoms with Crippen LogP contribution in [0.3, 0.4) is 0 Å². The van der Waals surface area contributed by atoms with Crippen LogP contribution in [0.5, 0.6) is 0 Å². The summed E-state index contributed by atoms with van der Waals surface area (Å²) >= 11 is 6.64. The normalized spacial score (nSPS) is 24.1. The van der Waals surface area contributed by atoms with Crippen LogP contribution in [0.15, 0.2) is 39.6 Å². The number of halogens is 1. The minimum atomic E-state index is -0.104. The first-order valence-corrected chi connectivity index (χ1v) is 11.6. The number of fused-ring (bicyclic) bond motifs is 3. The van der Waals surface area contributed by atoms with Crippen molar-refractivity contribution in [3.05, 3.63) is 47.3 Å². The Labute approximate surface area is 198 Å². The summed E-state index contributed by atoms with van der Waals surface area (Å²) in [5, 5.41) is 12.1. The van der Waals surface area contributed by atoms with Crippen LogP contribution in [-0.2, 0) is 5.41 Å². The summed E-state index contributed by atoms with van der Waals surface area (Å²) in [6.45, 7) is 4.08. The summed E-state index contributed by atoms with van der Waals surface area (Å²) < 4.78 is 10.8. The van der Waals surface area contributed by atoms with E-state index in [9.17, 15) is 0 Å². The largest absolute Gasteiger partial charge is 0.439 e. The molecule has 34 heavy (non-hydrogen) atoms. The summed E-state index contributed by atoms with van der Waals surface area (Å²) in [5.74, 6) is 2.30. The van der Waals surface area contributed by atoms with Crippen molar-refractivity contribution in [1.82, 2.24) is 30.3 Å². The maximum Gasteiger partial charge on any atom is 0.202 e. The van der Waals surface area contributed by atoms with Gasteiger partial charge in [0.1, 0.15) is 23.1 Å². The molecule has 5 heterocycles. The number of piperidine rings is 1. The fourth-order valence-electron chi connectivity index (χ4n) is 5.82. The third-order valence-corrected chi connectivity index (χ3v) is 7.90. The molecule has 2 aliphatic rings. The lowest BCUT2D eigenvalue weighted by atomic mass is 9.97. The van der Waals surface area contributed by atoms with Crippen LogP contribution >= 0.6 is 11.6 Å². The Morgan fingerprint density at radius 2 is 2.18 bits per heavy atom. The molecule has 172 valence electrons. The van der Waals surface area contributed by atoms with Crippen LogP contribution in [0, 0.1) is 18.8 Å². The molecule has 2 fully saturated rings. The van der Waals surface area contributed by atoms with Gasteiger partial charge >= 0.3 is 0 Å². The lowest BCUT2D eigenvalue weighted by Gasteiger charge is -2.26. The van der Waals surface area contributed by atoms with Crippen LogP contribution in [0.2, 0.25) is 5.02 Å². The number of aryl methyl sites for hydroxylation is 1. The Bertz CT molecular complexity index is 1540. The third-order valence-electron chi connectivity index (χ3n) is 7.53. The maximum absolute atomic E-state index is 6.64. The van der Waals surface area contributed by atoms with Gasteiger partial charge in [0.25, 0.3) is 0 Å². The summed E-state index contributed by atoms with van der Waals surface area (Å²) in [5.41, 5.74) is 11.0. The number of nitrogens with one attached hydrogen (secondary N) is 1. The summed E-state index contributed by atoms with van der Waals surface area (Å²) in [6, 6.07) is 5.71. The maximum atomic E-state index is 6.64. The second-order valence-electron chi connectivity index (χ2n) is 9.08. The van der Waals surface area contributed by atoms with E-state index in [0.29, 0.717) is 57.3 Å². The molecule has 3 atom stereocenters. The van der Waals surface area contributed by atoms with E-state index in [1.807, 2.05) is 18.2 Å². The molecule has 3 N–H and O–H groups in total. The first-order valence-electron chi connectivity index (χ1n) is 11.2. The van der Waals surface area contributed by atoms with Gasteiger partial charge in [-0.15, -0.1) is 0 Å². The zero-order valence-electron chi connectivity index (χ0n) is 18.3. The highest BCUT2D eigenvalue weighted by Crippen LogP contribution is 2.62. The summed E-state index contributed by atoms with van der Waals surface area (Å²) in [4.78, 5) is 16.1. The van der Waals surface area contributed by atoms with Gasteiger partial charge in [0.2, 0.25) is 5.65 Å². The zero-order valence-corrected chi connectivity index (χ0v) is 19.1. The molecule has 1 saturated heterocycles. The van der Waals surface area contributed by atoms with Crippen molar-refractivity contribution in [2.45, 2.75) is 18.8 Å². The van der Waals surface area contributed by atoms with Gasteiger partial charge in [-0.2, -0.15) is 5.10 Å². The quantitative estimate of drug-likeness (QED) is 0.399. The molecule has 0 bridgehead atoms. The van der Waals surface area contributed by atoms with Gasteiger partial charge in [-0.25, -0.2) is 15.0 Å². The molecule has 1 aromatic carbocycles. The van der Waals surface area contributed by atoms with E-state index in [4.69, 9.17) is 36.2 Å². The Hall–Kier alpha value is -3.50. The fourth-order valence-corrected chi connectivity index (χ4v) is 6.11. The molecule has 0 amide bonds. The number of nitrogens with zero attached hydrogens (tertiary/aromatic N) is 6. The molecule has 1 saturated carbocycles. The Balaban J connectivity index is 1.20. The average molecular weight is 477 g/mol. The molecule has 1 aliphatic heterocycles. The molecule has 1 aliphatic carbocycles. The predicted octanol–water partition coefficient (Wildman–Crippen LogP) is 3.46. The van der Waals surface area contributed by atoms with Crippen LogP contribution < -0.4 is 10.6 Å². The van der Waals surface area contributed by atoms with Crippen LogP contribution in [-0.4, -0.2) is 49.9 Å². The average Bonchev–Trinajstić information content (AvgIpc) is 3.34. The SMILES string of the molecule is Cc1nc2ccc(-c3[nH]nc4nc(N5CC[C@@H]6[C@H](C5)[C@@]6(CN)c5ccon5)cnc34)c(Cl)c2o1. The lowest BCUT2D eigenvalue weighted by molar-refractivity contribution is 0.397. The number of H-pyrrole nitrogens is 1. The minimum absolute atomic E-state index is 0.104. The number of hydrogen-bond acceptors (Lipinski definition) is 9. The number of rotatable bonds is 4. The smallest absolute Gasteiger partial charge is 0.202 e. The van der Waals surface area contributed by atoms with E-state index < -0.39 is 0 Å². The van der Waals surface area contributed by atoms with Gasteiger partial charge in [-0.05, 0) is 30.4 Å². The third kappa shape index (κ3) is 2.63. The first-order chi connectivity index (χ1) is 16.6. The fraction of sp³-hybridized carbons (Fsp3) is 0.348. The molecule has 10 nitrogen and oxygen atoms in total. The highest BCUT2D eigenvalue weighted by atomic mass is 35.5. The highest BCUT2D eigenvalue weighted by Gasteiger charge is 2.67. The number of anilines is 1.